The molecular weight excluding hydrogens is 544 g/mol. The van der Waals surface area contributed by atoms with E-state index in [9.17, 15) is 0 Å². The molecule has 0 aliphatic heterocycles. The summed E-state index contributed by atoms with van der Waals surface area (Å²) in [5.41, 5.74) is 1.59. The van der Waals surface area contributed by atoms with Crippen LogP contribution in [0.1, 0.15) is 116 Å². The van der Waals surface area contributed by atoms with E-state index >= 15 is 0 Å². The molecule has 0 saturated heterocycles. The van der Waals surface area contributed by atoms with Gasteiger partial charge < -0.3 is 23.7 Å². The van der Waals surface area contributed by atoms with Crippen molar-refractivity contribution in [1.82, 2.24) is 0 Å². The van der Waals surface area contributed by atoms with Crippen molar-refractivity contribution in [3.8, 4) is 0 Å². The standard InChI is InChI=1S/C36H58O7/c1-5-9-19-27-38-35(39-28-20-10-6-2,33-23-15-13-16-24-33)42-31-37-32-43-36(40-29-21-11-7-3,41-30-22-12-8-4)34-25-17-14-18-26-34/h13-18,23-26H,5-12,19-22,27-32H2,1-4H3. The topological polar surface area (TPSA) is 64.6 Å². The van der Waals surface area contributed by atoms with Gasteiger partial charge in [0.25, 0.3) is 0 Å². The van der Waals surface area contributed by atoms with Crippen LogP contribution in [0.4, 0.5) is 0 Å². The van der Waals surface area contributed by atoms with Crippen molar-refractivity contribution in [3.63, 3.8) is 0 Å². The maximum atomic E-state index is 6.35. The van der Waals surface area contributed by atoms with Gasteiger partial charge in [-0.1, -0.05) is 140 Å². The van der Waals surface area contributed by atoms with E-state index in [1.54, 1.807) is 0 Å². The molecule has 0 fully saturated rings. The second kappa shape index (κ2) is 23.5. The fourth-order valence-corrected chi connectivity index (χ4v) is 4.54. The maximum Gasteiger partial charge on any atom is 0.314 e. The Kier molecular flexibility index (Phi) is 20.4. The summed E-state index contributed by atoms with van der Waals surface area (Å²) in [6.45, 7) is 10.5. The minimum atomic E-state index is -1.37. The van der Waals surface area contributed by atoms with Crippen molar-refractivity contribution in [2.75, 3.05) is 40.0 Å². The highest BCUT2D eigenvalue weighted by Gasteiger charge is 2.38. The fraction of sp³-hybridized carbons (Fsp3) is 0.667. The van der Waals surface area contributed by atoms with Crippen molar-refractivity contribution < 1.29 is 33.2 Å². The van der Waals surface area contributed by atoms with Gasteiger partial charge in [-0.2, -0.15) is 0 Å². The van der Waals surface area contributed by atoms with Gasteiger partial charge in [-0.25, -0.2) is 0 Å². The van der Waals surface area contributed by atoms with Crippen LogP contribution < -0.4 is 0 Å². The Bertz CT molecular complexity index is 795. The Balaban J connectivity index is 2.15. The number of hydrogen-bond donors (Lipinski definition) is 0. The van der Waals surface area contributed by atoms with E-state index in [2.05, 4.69) is 27.7 Å². The fourth-order valence-electron chi connectivity index (χ4n) is 4.54. The second-order valence-electron chi connectivity index (χ2n) is 10.8. The average molecular weight is 603 g/mol. The number of hydrogen-bond acceptors (Lipinski definition) is 7. The first-order valence-corrected chi connectivity index (χ1v) is 16.7. The molecule has 0 bridgehead atoms. The van der Waals surface area contributed by atoms with Gasteiger partial charge in [0, 0.05) is 11.1 Å². The van der Waals surface area contributed by atoms with Gasteiger partial charge in [-0.05, 0) is 25.7 Å². The lowest BCUT2D eigenvalue weighted by Crippen LogP contribution is -2.39. The van der Waals surface area contributed by atoms with E-state index in [0.29, 0.717) is 26.4 Å². The van der Waals surface area contributed by atoms with Crippen molar-refractivity contribution in [2.24, 2.45) is 0 Å². The molecule has 0 radical (unpaired) electrons. The minimum absolute atomic E-state index is 0.104. The Morgan fingerprint density at radius 3 is 0.977 bits per heavy atom. The Morgan fingerprint density at radius 2 is 0.698 bits per heavy atom. The van der Waals surface area contributed by atoms with Gasteiger partial charge in [0.1, 0.15) is 0 Å². The first-order valence-electron chi connectivity index (χ1n) is 16.7. The molecule has 0 saturated carbocycles. The smallest absolute Gasteiger partial charge is 0.314 e. The molecule has 7 nitrogen and oxygen atoms in total. The summed E-state index contributed by atoms with van der Waals surface area (Å²) in [5.74, 6) is -2.74. The first kappa shape index (κ1) is 37.3. The van der Waals surface area contributed by atoms with E-state index < -0.39 is 11.9 Å². The van der Waals surface area contributed by atoms with Crippen LogP contribution in [-0.4, -0.2) is 40.0 Å². The summed E-state index contributed by atoms with van der Waals surface area (Å²) in [6, 6.07) is 19.6. The van der Waals surface area contributed by atoms with Crippen LogP contribution >= 0.6 is 0 Å². The third-order valence-corrected chi connectivity index (χ3v) is 7.08. The summed E-state index contributed by atoms with van der Waals surface area (Å²) in [4.78, 5) is 0. The summed E-state index contributed by atoms with van der Waals surface area (Å²) < 4.78 is 43.9. The lowest BCUT2D eigenvalue weighted by Gasteiger charge is -2.35. The minimum Gasteiger partial charge on any atom is -0.329 e. The number of rotatable bonds is 28. The maximum absolute atomic E-state index is 6.35. The van der Waals surface area contributed by atoms with Gasteiger partial charge in [0.05, 0.1) is 26.4 Å². The van der Waals surface area contributed by atoms with Gasteiger partial charge in [0.2, 0.25) is 0 Å². The van der Waals surface area contributed by atoms with E-state index in [-0.39, 0.29) is 13.6 Å². The molecule has 0 atom stereocenters. The molecule has 7 heteroatoms. The molecule has 2 aromatic carbocycles. The monoisotopic (exact) mass is 602 g/mol. The first-order chi connectivity index (χ1) is 21.2. The molecule has 2 aromatic rings. The van der Waals surface area contributed by atoms with Crippen LogP contribution in [-0.2, 0) is 45.1 Å². The average Bonchev–Trinajstić information content (AvgIpc) is 3.05. The highest BCUT2D eigenvalue weighted by Crippen LogP contribution is 2.32. The van der Waals surface area contributed by atoms with Crippen molar-refractivity contribution in [1.29, 1.82) is 0 Å². The Morgan fingerprint density at radius 1 is 0.395 bits per heavy atom. The van der Waals surface area contributed by atoms with Crippen LogP contribution in [0.2, 0.25) is 0 Å². The van der Waals surface area contributed by atoms with Crippen LogP contribution in [0, 0.1) is 0 Å². The Labute approximate surface area is 261 Å². The van der Waals surface area contributed by atoms with Crippen molar-refractivity contribution >= 4 is 0 Å². The van der Waals surface area contributed by atoms with Crippen LogP contribution in [0.15, 0.2) is 60.7 Å². The second-order valence-corrected chi connectivity index (χ2v) is 10.8. The lowest BCUT2D eigenvalue weighted by atomic mass is 10.2. The summed E-state index contributed by atoms with van der Waals surface area (Å²) >= 11 is 0. The number of unbranched alkanes of at least 4 members (excludes halogenated alkanes) is 8. The summed E-state index contributed by atoms with van der Waals surface area (Å²) in [6.07, 6.45) is 12.4. The van der Waals surface area contributed by atoms with Crippen LogP contribution in [0.25, 0.3) is 0 Å². The molecule has 0 aromatic heterocycles. The highest BCUT2D eigenvalue weighted by atomic mass is 16.9. The largest absolute Gasteiger partial charge is 0.329 e. The zero-order valence-electron chi connectivity index (χ0n) is 27.4. The van der Waals surface area contributed by atoms with Crippen molar-refractivity contribution in [3.05, 3.63) is 71.8 Å². The predicted octanol–water partition coefficient (Wildman–Crippen LogP) is 9.40. The molecule has 0 amide bonds. The van der Waals surface area contributed by atoms with Crippen LogP contribution in [0.3, 0.4) is 0 Å². The van der Waals surface area contributed by atoms with Gasteiger partial charge in [0.15, 0.2) is 13.6 Å². The molecular formula is C36H58O7. The molecule has 0 aliphatic rings. The Hall–Kier alpha value is -1.84. The van der Waals surface area contributed by atoms with Crippen LogP contribution in [0.5, 0.6) is 0 Å². The molecule has 0 spiro atoms. The number of benzene rings is 2. The van der Waals surface area contributed by atoms with Gasteiger partial charge in [-0.15, -0.1) is 0 Å². The SMILES string of the molecule is CCCCCOC(OCCCCC)(OCOCOC(OCCCCC)(OCCCCC)c1ccccc1)c1ccccc1. The summed E-state index contributed by atoms with van der Waals surface area (Å²) in [7, 11) is 0. The van der Waals surface area contributed by atoms with Crippen molar-refractivity contribution in [2.45, 2.75) is 117 Å². The molecule has 0 N–H and O–H groups in total. The molecule has 0 aliphatic carbocycles. The van der Waals surface area contributed by atoms with E-state index in [0.717, 1.165) is 88.2 Å². The predicted molar refractivity (Wildman–Crippen MR) is 171 cm³/mol. The molecule has 0 unspecified atom stereocenters. The zero-order chi connectivity index (χ0) is 30.9. The highest BCUT2D eigenvalue weighted by molar-refractivity contribution is 5.19. The normalized spacial score (nSPS) is 12.2. The zero-order valence-corrected chi connectivity index (χ0v) is 27.4. The summed E-state index contributed by atoms with van der Waals surface area (Å²) in [5, 5.41) is 0. The van der Waals surface area contributed by atoms with Gasteiger partial charge in [-0.3, -0.25) is 9.47 Å². The van der Waals surface area contributed by atoms with E-state index in [4.69, 9.17) is 33.2 Å². The van der Waals surface area contributed by atoms with Gasteiger partial charge >= 0.3 is 11.9 Å². The quantitative estimate of drug-likeness (QED) is 0.0710. The molecule has 0 heterocycles. The van der Waals surface area contributed by atoms with E-state index in [1.807, 2.05) is 60.7 Å². The lowest BCUT2D eigenvalue weighted by molar-refractivity contribution is -0.434. The molecule has 244 valence electrons. The number of ether oxygens (including phenoxy) is 7. The molecule has 43 heavy (non-hydrogen) atoms. The molecule has 2 rings (SSSR count). The third-order valence-electron chi connectivity index (χ3n) is 7.08. The van der Waals surface area contributed by atoms with E-state index in [1.165, 1.54) is 0 Å². The third kappa shape index (κ3) is 14.2.